The quantitative estimate of drug-likeness (QED) is 0.878. The highest BCUT2D eigenvalue weighted by Crippen LogP contribution is 2.24. The highest BCUT2D eigenvalue weighted by atomic mass is 32.1. The van der Waals surface area contributed by atoms with Crippen LogP contribution in [0.25, 0.3) is 10.6 Å². The zero-order valence-electron chi connectivity index (χ0n) is 12.0. The second-order valence-corrected chi connectivity index (χ2v) is 6.21. The molecule has 0 aliphatic carbocycles. The van der Waals surface area contributed by atoms with Gasteiger partial charge in [0, 0.05) is 42.0 Å². The van der Waals surface area contributed by atoms with Crippen LogP contribution in [0.5, 0.6) is 0 Å². The Kier molecular flexibility index (Phi) is 4.54. The molecule has 1 aromatic carbocycles. The monoisotopic (exact) mass is 297 g/mol. The first-order valence-electron chi connectivity index (χ1n) is 7.27. The predicted molar refractivity (Wildman–Crippen MR) is 89.5 cm³/mol. The van der Waals surface area contributed by atoms with Crippen molar-refractivity contribution in [3.8, 4) is 22.9 Å². The van der Waals surface area contributed by atoms with Crippen LogP contribution < -0.4 is 5.32 Å². The number of hydrogen-bond acceptors (Lipinski definition) is 4. The van der Waals surface area contributed by atoms with E-state index < -0.39 is 0 Å². The van der Waals surface area contributed by atoms with Crippen LogP contribution in [-0.2, 0) is 0 Å². The summed E-state index contributed by atoms with van der Waals surface area (Å²) in [5.41, 5.74) is 2.37. The summed E-state index contributed by atoms with van der Waals surface area (Å²) >= 11 is 1.67. The maximum Gasteiger partial charge on any atom is 0.123 e. The van der Waals surface area contributed by atoms with Crippen LogP contribution in [0, 0.1) is 12.3 Å². The number of anilines is 1. The summed E-state index contributed by atoms with van der Waals surface area (Å²) in [6, 6.07) is 9.10. The molecule has 3 rings (SSSR count). The summed E-state index contributed by atoms with van der Waals surface area (Å²) in [4.78, 5) is 6.67. The highest BCUT2D eigenvalue weighted by Gasteiger charge is 2.18. The van der Waals surface area contributed by atoms with E-state index in [1.165, 1.54) is 11.3 Å². The number of rotatable bonds is 4. The Morgan fingerprint density at radius 2 is 2.05 bits per heavy atom. The minimum atomic E-state index is 0.546. The van der Waals surface area contributed by atoms with Crippen LogP contribution in [0.1, 0.15) is 12.8 Å². The van der Waals surface area contributed by atoms with Crippen molar-refractivity contribution < 1.29 is 0 Å². The second kappa shape index (κ2) is 6.75. The largest absolute Gasteiger partial charge is 0.382 e. The lowest BCUT2D eigenvalue weighted by Crippen LogP contribution is -2.39. The van der Waals surface area contributed by atoms with Crippen molar-refractivity contribution >= 4 is 17.0 Å². The lowest BCUT2D eigenvalue weighted by molar-refractivity contribution is 0.243. The van der Waals surface area contributed by atoms with E-state index in [0.29, 0.717) is 6.04 Å². The Bertz CT molecular complexity index is 590. The number of piperidine rings is 1. The Hall–Kier alpha value is -1.83. The molecule has 3 nitrogen and oxygen atoms in total. The first kappa shape index (κ1) is 14.1. The van der Waals surface area contributed by atoms with Gasteiger partial charge in [0.1, 0.15) is 5.01 Å². The maximum atomic E-state index is 5.36. The molecule has 1 N–H and O–H groups in total. The van der Waals surface area contributed by atoms with Crippen molar-refractivity contribution in [1.29, 1.82) is 0 Å². The lowest BCUT2D eigenvalue weighted by Gasteiger charge is -2.31. The minimum absolute atomic E-state index is 0.546. The van der Waals surface area contributed by atoms with Gasteiger partial charge in [0.05, 0.1) is 6.54 Å². The summed E-state index contributed by atoms with van der Waals surface area (Å²) in [6.07, 6.45) is 9.50. The van der Waals surface area contributed by atoms with Gasteiger partial charge in [0.2, 0.25) is 0 Å². The molecule has 1 aliphatic rings. The van der Waals surface area contributed by atoms with Gasteiger partial charge in [-0.1, -0.05) is 5.92 Å². The average molecular weight is 297 g/mol. The third kappa shape index (κ3) is 3.63. The normalized spacial score (nSPS) is 16.5. The van der Waals surface area contributed by atoms with Gasteiger partial charge in [-0.25, -0.2) is 4.98 Å². The number of likely N-dealkylation sites (tertiary alicyclic amines) is 1. The molecule has 0 bridgehead atoms. The summed E-state index contributed by atoms with van der Waals surface area (Å²) in [7, 11) is 0. The smallest absolute Gasteiger partial charge is 0.123 e. The lowest BCUT2D eigenvalue weighted by atomic mass is 10.0. The zero-order valence-corrected chi connectivity index (χ0v) is 12.8. The molecule has 1 fully saturated rings. The number of benzene rings is 1. The Morgan fingerprint density at radius 1 is 1.29 bits per heavy atom. The number of nitrogens with zero attached hydrogens (tertiary/aromatic N) is 2. The minimum Gasteiger partial charge on any atom is -0.382 e. The molecule has 0 atom stereocenters. The molecule has 108 valence electrons. The SMILES string of the molecule is C#CCN1CCC(Nc2ccc(-c3nccs3)cc2)CC1. The molecule has 21 heavy (non-hydrogen) atoms. The topological polar surface area (TPSA) is 28.2 Å². The summed E-state index contributed by atoms with van der Waals surface area (Å²) in [5.74, 6) is 2.72. The van der Waals surface area contributed by atoms with Gasteiger partial charge in [-0.05, 0) is 37.1 Å². The van der Waals surface area contributed by atoms with E-state index in [9.17, 15) is 0 Å². The zero-order chi connectivity index (χ0) is 14.5. The molecule has 0 saturated carbocycles. The molecule has 0 radical (unpaired) electrons. The van der Waals surface area contributed by atoms with E-state index in [-0.39, 0.29) is 0 Å². The second-order valence-electron chi connectivity index (χ2n) is 5.31. The third-order valence-corrected chi connectivity index (χ3v) is 4.66. The number of aromatic nitrogens is 1. The molecule has 2 aromatic rings. The van der Waals surface area contributed by atoms with Crippen LogP contribution in [0.3, 0.4) is 0 Å². The summed E-state index contributed by atoms with van der Waals surface area (Å²) in [5, 5.41) is 6.70. The highest BCUT2D eigenvalue weighted by molar-refractivity contribution is 7.13. The van der Waals surface area contributed by atoms with E-state index in [4.69, 9.17) is 6.42 Å². The van der Waals surface area contributed by atoms with Gasteiger partial charge in [-0.15, -0.1) is 17.8 Å². The van der Waals surface area contributed by atoms with E-state index in [1.54, 1.807) is 11.3 Å². The number of thiazole rings is 1. The van der Waals surface area contributed by atoms with Crippen LogP contribution in [-0.4, -0.2) is 35.6 Å². The molecular formula is C17H19N3S. The molecule has 2 heterocycles. The molecule has 1 aliphatic heterocycles. The average Bonchev–Trinajstić information content (AvgIpc) is 3.05. The van der Waals surface area contributed by atoms with Crippen molar-refractivity contribution in [2.45, 2.75) is 18.9 Å². The first-order chi connectivity index (χ1) is 10.3. The molecule has 0 amide bonds. The van der Waals surface area contributed by atoms with Gasteiger partial charge >= 0.3 is 0 Å². The fourth-order valence-electron chi connectivity index (χ4n) is 2.68. The Labute approximate surface area is 130 Å². The maximum absolute atomic E-state index is 5.36. The van der Waals surface area contributed by atoms with E-state index >= 15 is 0 Å². The van der Waals surface area contributed by atoms with E-state index in [1.807, 2.05) is 11.6 Å². The Morgan fingerprint density at radius 3 is 2.67 bits per heavy atom. The molecule has 0 unspecified atom stereocenters. The molecule has 0 spiro atoms. The van der Waals surface area contributed by atoms with Gasteiger partial charge < -0.3 is 5.32 Å². The number of nitrogens with one attached hydrogen (secondary N) is 1. The standard InChI is InChI=1S/C17H19N3S/c1-2-10-20-11-7-16(8-12-20)19-15-5-3-14(4-6-15)17-18-9-13-21-17/h1,3-6,9,13,16,19H,7-8,10-12H2. The predicted octanol–water partition coefficient (Wildman–Crippen LogP) is 3.32. The summed E-state index contributed by atoms with van der Waals surface area (Å²) in [6.45, 7) is 2.94. The fraction of sp³-hybridized carbons (Fsp3) is 0.353. The van der Waals surface area contributed by atoms with E-state index in [0.717, 1.165) is 37.5 Å². The van der Waals surface area contributed by atoms with Crippen LogP contribution >= 0.6 is 11.3 Å². The molecule has 1 aromatic heterocycles. The van der Waals surface area contributed by atoms with Crippen molar-refractivity contribution in [3.63, 3.8) is 0 Å². The van der Waals surface area contributed by atoms with Gasteiger partial charge in [0.15, 0.2) is 0 Å². The van der Waals surface area contributed by atoms with Crippen LogP contribution in [0.4, 0.5) is 5.69 Å². The summed E-state index contributed by atoms with van der Waals surface area (Å²) < 4.78 is 0. The van der Waals surface area contributed by atoms with Crippen LogP contribution in [0.2, 0.25) is 0 Å². The van der Waals surface area contributed by atoms with Gasteiger partial charge in [0.25, 0.3) is 0 Å². The molecule has 4 heteroatoms. The van der Waals surface area contributed by atoms with Gasteiger partial charge in [-0.2, -0.15) is 0 Å². The first-order valence-corrected chi connectivity index (χ1v) is 8.15. The van der Waals surface area contributed by atoms with Crippen molar-refractivity contribution in [1.82, 2.24) is 9.88 Å². The Balaban J connectivity index is 1.56. The van der Waals surface area contributed by atoms with Gasteiger partial charge in [-0.3, -0.25) is 4.90 Å². The fourth-order valence-corrected chi connectivity index (χ4v) is 3.32. The molecular weight excluding hydrogens is 278 g/mol. The van der Waals surface area contributed by atoms with E-state index in [2.05, 4.69) is 45.4 Å². The van der Waals surface area contributed by atoms with Crippen LogP contribution in [0.15, 0.2) is 35.8 Å². The number of terminal acetylenes is 1. The molecule has 1 saturated heterocycles. The third-order valence-electron chi connectivity index (χ3n) is 3.84. The van der Waals surface area contributed by atoms with Crippen molar-refractivity contribution in [2.75, 3.05) is 25.0 Å². The number of hydrogen-bond donors (Lipinski definition) is 1. The van der Waals surface area contributed by atoms with Crippen molar-refractivity contribution in [2.24, 2.45) is 0 Å². The van der Waals surface area contributed by atoms with Crippen molar-refractivity contribution in [3.05, 3.63) is 35.8 Å².